The summed E-state index contributed by atoms with van der Waals surface area (Å²) >= 11 is 1.56. The second kappa shape index (κ2) is 6.35. The molecule has 3 rings (SSSR count). The summed E-state index contributed by atoms with van der Waals surface area (Å²) in [7, 11) is 0. The summed E-state index contributed by atoms with van der Waals surface area (Å²) in [5.41, 5.74) is 1.80. The van der Waals surface area contributed by atoms with Gasteiger partial charge < -0.3 is 5.32 Å². The van der Waals surface area contributed by atoms with Crippen LogP contribution in [0.2, 0.25) is 0 Å². The third-order valence-corrected chi connectivity index (χ3v) is 5.00. The molecule has 0 aromatic carbocycles. The lowest BCUT2D eigenvalue weighted by molar-refractivity contribution is -0.121. The normalized spacial score (nSPS) is 15.3. The monoisotopic (exact) mass is 301 g/mol. The molecule has 1 N–H and O–H groups in total. The number of nitrogens with zero attached hydrogens (tertiary/aromatic N) is 2. The molecule has 1 aliphatic rings. The Morgan fingerprint density at radius 3 is 2.90 bits per heavy atom. The molecule has 1 aliphatic carbocycles. The topological polar surface area (TPSA) is 54.9 Å². The largest absolute Gasteiger partial charge is 0.353 e. The van der Waals surface area contributed by atoms with Crippen LogP contribution in [0, 0.1) is 6.92 Å². The number of pyridine rings is 1. The minimum Gasteiger partial charge on any atom is -0.353 e. The van der Waals surface area contributed by atoms with Gasteiger partial charge in [0.1, 0.15) is 5.01 Å². The summed E-state index contributed by atoms with van der Waals surface area (Å²) in [6.45, 7) is 1.96. The summed E-state index contributed by atoms with van der Waals surface area (Å²) in [6.07, 6.45) is 6.88. The predicted molar refractivity (Wildman–Crippen MR) is 84.2 cm³/mol. The standard InChI is InChI=1S/C16H19N3OS/c1-11-14(10-15(20)19-12-6-2-3-7-12)21-16(18-11)13-8-4-5-9-17-13/h4-5,8-9,12H,2-3,6-7,10H2,1H3,(H,19,20). The van der Waals surface area contributed by atoms with Crippen molar-refractivity contribution in [3.8, 4) is 10.7 Å². The van der Waals surface area contributed by atoms with E-state index in [1.165, 1.54) is 12.8 Å². The van der Waals surface area contributed by atoms with Crippen LogP contribution in [0.3, 0.4) is 0 Å². The smallest absolute Gasteiger partial charge is 0.225 e. The quantitative estimate of drug-likeness (QED) is 0.944. The summed E-state index contributed by atoms with van der Waals surface area (Å²) in [6, 6.07) is 6.16. The second-order valence-corrected chi connectivity index (χ2v) is 6.55. The lowest BCUT2D eigenvalue weighted by Gasteiger charge is -2.11. The maximum absolute atomic E-state index is 12.1. The molecule has 4 nitrogen and oxygen atoms in total. The van der Waals surface area contributed by atoms with Gasteiger partial charge in [0.25, 0.3) is 0 Å². The maximum atomic E-state index is 12.1. The number of thiazole rings is 1. The molecule has 110 valence electrons. The number of carbonyl (C=O) groups excluding carboxylic acids is 1. The zero-order valence-electron chi connectivity index (χ0n) is 12.1. The van der Waals surface area contributed by atoms with E-state index in [4.69, 9.17) is 0 Å². The molecule has 0 radical (unpaired) electrons. The molecule has 1 amide bonds. The third kappa shape index (κ3) is 3.47. The molecule has 2 heterocycles. The molecule has 2 aromatic heterocycles. The van der Waals surface area contributed by atoms with Crippen molar-refractivity contribution in [3.05, 3.63) is 35.0 Å². The van der Waals surface area contributed by atoms with Crippen LogP contribution in [0.4, 0.5) is 0 Å². The fraction of sp³-hybridized carbons (Fsp3) is 0.438. The highest BCUT2D eigenvalue weighted by Crippen LogP contribution is 2.27. The van der Waals surface area contributed by atoms with E-state index in [1.807, 2.05) is 25.1 Å². The van der Waals surface area contributed by atoms with Gasteiger partial charge in [-0.1, -0.05) is 18.9 Å². The van der Waals surface area contributed by atoms with Crippen molar-refractivity contribution in [2.24, 2.45) is 0 Å². The molecule has 0 aliphatic heterocycles. The van der Waals surface area contributed by atoms with Gasteiger partial charge in [0, 0.05) is 17.1 Å². The van der Waals surface area contributed by atoms with Crippen molar-refractivity contribution in [1.82, 2.24) is 15.3 Å². The Hall–Kier alpha value is -1.75. The fourth-order valence-corrected chi connectivity index (χ4v) is 3.72. The zero-order valence-corrected chi connectivity index (χ0v) is 12.9. The lowest BCUT2D eigenvalue weighted by Crippen LogP contribution is -2.33. The van der Waals surface area contributed by atoms with Gasteiger partial charge in [0.05, 0.1) is 17.8 Å². The SMILES string of the molecule is Cc1nc(-c2ccccn2)sc1CC(=O)NC1CCCC1. The van der Waals surface area contributed by atoms with Gasteiger partial charge in [-0.05, 0) is 31.9 Å². The first-order valence-corrected chi connectivity index (χ1v) is 8.21. The highest BCUT2D eigenvalue weighted by Gasteiger charge is 2.19. The molecular formula is C16H19N3OS. The van der Waals surface area contributed by atoms with Crippen LogP contribution in [0.5, 0.6) is 0 Å². The van der Waals surface area contributed by atoms with Crippen molar-refractivity contribution in [2.45, 2.75) is 45.1 Å². The molecular weight excluding hydrogens is 282 g/mol. The molecule has 1 saturated carbocycles. The average molecular weight is 301 g/mol. The van der Waals surface area contributed by atoms with Crippen LogP contribution in [-0.2, 0) is 11.2 Å². The Morgan fingerprint density at radius 2 is 2.19 bits per heavy atom. The van der Waals surface area contributed by atoms with Gasteiger partial charge in [0.15, 0.2) is 0 Å². The van der Waals surface area contributed by atoms with Crippen molar-refractivity contribution in [2.75, 3.05) is 0 Å². The molecule has 0 unspecified atom stereocenters. The number of aromatic nitrogens is 2. The number of hydrogen-bond acceptors (Lipinski definition) is 4. The number of aryl methyl sites for hydroxylation is 1. The van der Waals surface area contributed by atoms with Gasteiger partial charge in [-0.15, -0.1) is 11.3 Å². The Bertz CT molecular complexity index is 618. The Labute approximate surface area is 128 Å². The number of nitrogens with one attached hydrogen (secondary N) is 1. The summed E-state index contributed by atoms with van der Waals surface area (Å²) < 4.78 is 0. The molecule has 0 atom stereocenters. The third-order valence-electron chi connectivity index (χ3n) is 3.82. The molecule has 21 heavy (non-hydrogen) atoms. The van der Waals surface area contributed by atoms with Crippen LogP contribution < -0.4 is 5.32 Å². The van der Waals surface area contributed by atoms with Crippen molar-refractivity contribution < 1.29 is 4.79 Å². The van der Waals surface area contributed by atoms with E-state index in [-0.39, 0.29) is 5.91 Å². The van der Waals surface area contributed by atoms with E-state index in [9.17, 15) is 4.79 Å². The van der Waals surface area contributed by atoms with Crippen molar-refractivity contribution >= 4 is 17.2 Å². The van der Waals surface area contributed by atoms with Crippen LogP contribution in [0.25, 0.3) is 10.7 Å². The molecule has 0 bridgehead atoms. The van der Waals surface area contributed by atoms with Crippen molar-refractivity contribution in [3.63, 3.8) is 0 Å². The van der Waals surface area contributed by atoms with Gasteiger partial charge >= 0.3 is 0 Å². The molecule has 2 aromatic rings. The predicted octanol–water partition coefficient (Wildman–Crippen LogP) is 3.11. The minimum atomic E-state index is 0.112. The van der Waals surface area contributed by atoms with Crippen molar-refractivity contribution in [1.29, 1.82) is 0 Å². The first-order valence-electron chi connectivity index (χ1n) is 7.39. The van der Waals surface area contributed by atoms with Gasteiger partial charge in [-0.2, -0.15) is 0 Å². The van der Waals surface area contributed by atoms with E-state index in [0.717, 1.165) is 34.1 Å². The van der Waals surface area contributed by atoms with E-state index in [0.29, 0.717) is 12.5 Å². The average Bonchev–Trinajstić information content (AvgIpc) is 3.11. The number of carbonyl (C=O) groups is 1. The summed E-state index contributed by atoms with van der Waals surface area (Å²) in [4.78, 5) is 22.0. The maximum Gasteiger partial charge on any atom is 0.225 e. The summed E-state index contributed by atoms with van der Waals surface area (Å²) in [5, 5.41) is 4.01. The summed E-state index contributed by atoms with van der Waals surface area (Å²) in [5.74, 6) is 0.112. The lowest BCUT2D eigenvalue weighted by atomic mass is 10.2. The molecule has 1 fully saturated rings. The molecule has 5 heteroatoms. The Kier molecular flexibility index (Phi) is 4.29. The molecule has 0 saturated heterocycles. The number of amides is 1. The van der Waals surface area contributed by atoms with Crippen LogP contribution >= 0.6 is 11.3 Å². The number of hydrogen-bond donors (Lipinski definition) is 1. The number of rotatable bonds is 4. The van der Waals surface area contributed by atoms with Gasteiger partial charge in [-0.25, -0.2) is 4.98 Å². The highest BCUT2D eigenvalue weighted by atomic mass is 32.1. The Balaban J connectivity index is 1.68. The fourth-order valence-electron chi connectivity index (χ4n) is 2.69. The zero-order chi connectivity index (χ0) is 14.7. The van der Waals surface area contributed by atoms with Crippen LogP contribution in [0.15, 0.2) is 24.4 Å². The van der Waals surface area contributed by atoms with E-state index < -0.39 is 0 Å². The first-order chi connectivity index (χ1) is 10.2. The highest BCUT2D eigenvalue weighted by molar-refractivity contribution is 7.15. The Morgan fingerprint density at radius 1 is 1.38 bits per heavy atom. The van der Waals surface area contributed by atoms with E-state index in [1.54, 1.807) is 17.5 Å². The first kappa shape index (κ1) is 14.2. The van der Waals surface area contributed by atoms with E-state index in [2.05, 4.69) is 15.3 Å². The van der Waals surface area contributed by atoms with Gasteiger partial charge in [0.2, 0.25) is 5.91 Å². The van der Waals surface area contributed by atoms with Crippen LogP contribution in [0.1, 0.15) is 36.3 Å². The van der Waals surface area contributed by atoms with E-state index >= 15 is 0 Å². The minimum absolute atomic E-state index is 0.112. The van der Waals surface area contributed by atoms with Crippen LogP contribution in [-0.4, -0.2) is 21.9 Å². The second-order valence-electron chi connectivity index (χ2n) is 5.47. The molecule has 0 spiro atoms. The van der Waals surface area contributed by atoms with Gasteiger partial charge in [-0.3, -0.25) is 9.78 Å².